The van der Waals surface area contributed by atoms with Gasteiger partial charge in [0.1, 0.15) is 18.3 Å². The van der Waals surface area contributed by atoms with Crippen LogP contribution in [0.2, 0.25) is 10.0 Å². The number of amides is 2. The lowest BCUT2D eigenvalue weighted by Crippen LogP contribution is -2.54. The standard InChI is InChI=1S/C36H38Cl2N4O7S/c1-5-25(3)39-36(44)33(19-26-10-7-6-8-11-26)40(22-27-12-9-13-28(37)18-27)35(43)23-41(32-20-29(38)15-17-34(32)49-4)50(47,48)30-16-14-24(2)31(21-30)42(45)46/h6-18,20-21,25,33H,5,19,22-23H2,1-4H3,(H,39,44)/t25-,33+/m1/s1. The average molecular weight is 742 g/mol. The first-order chi connectivity index (χ1) is 23.7. The molecule has 0 bridgehead atoms. The van der Waals surface area contributed by atoms with Crippen LogP contribution in [0.25, 0.3) is 0 Å². The number of halogens is 2. The fourth-order valence-electron chi connectivity index (χ4n) is 5.27. The van der Waals surface area contributed by atoms with Crippen molar-refractivity contribution in [1.29, 1.82) is 0 Å². The number of ether oxygens (including phenoxy) is 1. The lowest BCUT2D eigenvalue weighted by Gasteiger charge is -2.34. The number of carbonyl (C=O) groups excluding carboxylic acids is 2. The Morgan fingerprint density at radius 2 is 1.62 bits per heavy atom. The lowest BCUT2D eigenvalue weighted by atomic mass is 10.0. The molecule has 0 aliphatic rings. The van der Waals surface area contributed by atoms with Crippen molar-refractivity contribution in [2.45, 2.75) is 57.1 Å². The molecule has 2 amide bonds. The summed E-state index contributed by atoms with van der Waals surface area (Å²) in [5.41, 5.74) is 1.13. The monoisotopic (exact) mass is 740 g/mol. The number of methoxy groups -OCH3 is 1. The van der Waals surface area contributed by atoms with Crippen molar-refractivity contribution in [3.63, 3.8) is 0 Å². The fourth-order valence-corrected chi connectivity index (χ4v) is 7.09. The van der Waals surface area contributed by atoms with Crippen molar-refractivity contribution in [3.8, 4) is 5.75 Å². The largest absolute Gasteiger partial charge is 0.495 e. The van der Waals surface area contributed by atoms with E-state index in [1.807, 2.05) is 44.2 Å². The zero-order valence-electron chi connectivity index (χ0n) is 28.0. The molecule has 11 nitrogen and oxygen atoms in total. The highest BCUT2D eigenvalue weighted by molar-refractivity contribution is 7.92. The highest BCUT2D eigenvalue weighted by Gasteiger charge is 2.36. The van der Waals surface area contributed by atoms with Crippen LogP contribution < -0.4 is 14.4 Å². The topological polar surface area (TPSA) is 139 Å². The minimum atomic E-state index is -4.69. The molecule has 50 heavy (non-hydrogen) atoms. The van der Waals surface area contributed by atoms with Gasteiger partial charge in [-0.25, -0.2) is 8.42 Å². The van der Waals surface area contributed by atoms with Gasteiger partial charge in [0.25, 0.3) is 15.7 Å². The number of rotatable bonds is 15. The van der Waals surface area contributed by atoms with Crippen LogP contribution in [0.15, 0.2) is 95.9 Å². The van der Waals surface area contributed by atoms with Crippen molar-refractivity contribution >= 4 is 56.4 Å². The Morgan fingerprint density at radius 3 is 2.26 bits per heavy atom. The van der Waals surface area contributed by atoms with Crippen LogP contribution in [-0.4, -0.2) is 55.8 Å². The molecule has 4 aromatic carbocycles. The second kappa shape index (κ2) is 16.8. The second-order valence-electron chi connectivity index (χ2n) is 11.7. The molecule has 0 aliphatic carbocycles. The maximum absolute atomic E-state index is 14.7. The Bertz CT molecular complexity index is 1960. The van der Waals surface area contributed by atoms with E-state index in [0.29, 0.717) is 17.0 Å². The Morgan fingerprint density at radius 1 is 0.940 bits per heavy atom. The van der Waals surface area contributed by atoms with Crippen molar-refractivity contribution < 1.29 is 27.7 Å². The summed E-state index contributed by atoms with van der Waals surface area (Å²) in [5, 5.41) is 15.3. The molecule has 4 aromatic rings. The fraction of sp³-hybridized carbons (Fsp3) is 0.278. The average Bonchev–Trinajstić information content (AvgIpc) is 3.08. The van der Waals surface area contributed by atoms with E-state index in [4.69, 9.17) is 27.9 Å². The van der Waals surface area contributed by atoms with Gasteiger partial charge in [-0.05, 0) is 67.8 Å². The van der Waals surface area contributed by atoms with Gasteiger partial charge in [-0.15, -0.1) is 0 Å². The summed E-state index contributed by atoms with van der Waals surface area (Å²) >= 11 is 12.6. The Kier molecular flexibility index (Phi) is 12.9. The summed E-state index contributed by atoms with van der Waals surface area (Å²) in [4.78, 5) is 40.7. The molecule has 0 spiro atoms. The van der Waals surface area contributed by atoms with Crippen LogP contribution in [0.3, 0.4) is 0 Å². The molecular weight excluding hydrogens is 703 g/mol. The molecule has 264 valence electrons. The first kappa shape index (κ1) is 38.2. The van der Waals surface area contributed by atoms with E-state index in [2.05, 4.69) is 5.32 Å². The highest BCUT2D eigenvalue weighted by Crippen LogP contribution is 2.36. The molecule has 14 heteroatoms. The molecule has 0 fully saturated rings. The molecule has 0 aromatic heterocycles. The van der Waals surface area contributed by atoms with Gasteiger partial charge >= 0.3 is 0 Å². The number of hydrogen-bond acceptors (Lipinski definition) is 7. The summed E-state index contributed by atoms with van der Waals surface area (Å²) < 4.78 is 35.2. The molecule has 0 radical (unpaired) electrons. The van der Waals surface area contributed by atoms with E-state index >= 15 is 0 Å². The number of nitrogens with one attached hydrogen (secondary N) is 1. The molecule has 1 N–H and O–H groups in total. The SMILES string of the molecule is CC[C@@H](C)NC(=O)[C@H](Cc1ccccc1)N(Cc1cccc(Cl)c1)C(=O)CN(c1cc(Cl)ccc1OC)S(=O)(=O)c1ccc(C)c([N+](=O)[O-])c1. The first-order valence-corrected chi connectivity index (χ1v) is 17.9. The quantitative estimate of drug-likeness (QED) is 0.103. The summed E-state index contributed by atoms with van der Waals surface area (Å²) in [6.45, 7) is 4.34. The number of sulfonamides is 1. The predicted octanol–water partition coefficient (Wildman–Crippen LogP) is 6.97. The molecule has 4 rings (SSSR count). The molecule has 0 heterocycles. The number of hydrogen-bond donors (Lipinski definition) is 1. The number of benzene rings is 4. The van der Waals surface area contributed by atoms with Crippen molar-refractivity contribution in [2.75, 3.05) is 18.0 Å². The number of anilines is 1. The van der Waals surface area contributed by atoms with Gasteiger partial charge in [-0.3, -0.25) is 24.0 Å². The number of carbonyl (C=O) groups is 2. The second-order valence-corrected chi connectivity index (χ2v) is 14.4. The van der Waals surface area contributed by atoms with Crippen LogP contribution in [-0.2, 0) is 32.6 Å². The lowest BCUT2D eigenvalue weighted by molar-refractivity contribution is -0.385. The van der Waals surface area contributed by atoms with Crippen LogP contribution in [0.1, 0.15) is 37.0 Å². The number of nitro groups is 1. The summed E-state index contributed by atoms with van der Waals surface area (Å²) in [5.74, 6) is -1.09. The summed E-state index contributed by atoms with van der Waals surface area (Å²) in [6, 6.07) is 22.4. The van der Waals surface area contributed by atoms with Crippen LogP contribution >= 0.6 is 23.2 Å². The number of nitrogens with zero attached hydrogens (tertiary/aromatic N) is 3. The zero-order chi connectivity index (χ0) is 36.6. The maximum Gasteiger partial charge on any atom is 0.273 e. The molecule has 0 aliphatic heterocycles. The maximum atomic E-state index is 14.7. The van der Waals surface area contributed by atoms with E-state index in [0.717, 1.165) is 15.9 Å². The Balaban J connectivity index is 1.90. The minimum Gasteiger partial charge on any atom is -0.495 e. The smallest absolute Gasteiger partial charge is 0.273 e. The van der Waals surface area contributed by atoms with E-state index in [1.165, 1.54) is 49.3 Å². The van der Waals surface area contributed by atoms with E-state index in [-0.39, 0.29) is 41.0 Å². The summed E-state index contributed by atoms with van der Waals surface area (Å²) in [7, 11) is -3.36. The molecule has 0 saturated heterocycles. The van der Waals surface area contributed by atoms with Gasteiger partial charge in [0, 0.05) is 40.7 Å². The molecule has 0 saturated carbocycles. The molecule has 2 atom stereocenters. The third kappa shape index (κ3) is 9.32. The first-order valence-electron chi connectivity index (χ1n) is 15.7. The van der Waals surface area contributed by atoms with Crippen molar-refractivity contribution in [1.82, 2.24) is 10.2 Å². The normalized spacial score (nSPS) is 12.4. The third-order valence-electron chi connectivity index (χ3n) is 8.17. The molecule has 0 unspecified atom stereocenters. The third-order valence-corrected chi connectivity index (χ3v) is 10.4. The van der Waals surface area contributed by atoms with Gasteiger partial charge in [-0.1, -0.05) is 78.7 Å². The van der Waals surface area contributed by atoms with E-state index in [9.17, 15) is 28.1 Å². The van der Waals surface area contributed by atoms with Gasteiger partial charge in [0.2, 0.25) is 11.8 Å². The van der Waals surface area contributed by atoms with Gasteiger partial charge in [0.05, 0.1) is 22.6 Å². The molecular formula is C36H38Cl2N4O7S. The minimum absolute atomic E-state index is 0.0733. The van der Waals surface area contributed by atoms with Crippen molar-refractivity contribution in [3.05, 3.63) is 128 Å². The number of nitro benzene ring substituents is 1. The zero-order valence-corrected chi connectivity index (χ0v) is 30.3. The highest BCUT2D eigenvalue weighted by atomic mass is 35.5. The van der Waals surface area contributed by atoms with Gasteiger partial charge < -0.3 is 15.0 Å². The predicted molar refractivity (Wildman–Crippen MR) is 194 cm³/mol. The van der Waals surface area contributed by atoms with Crippen LogP contribution in [0, 0.1) is 17.0 Å². The number of aryl methyl sites for hydroxylation is 1. The van der Waals surface area contributed by atoms with Crippen LogP contribution in [0.4, 0.5) is 11.4 Å². The van der Waals surface area contributed by atoms with Gasteiger partial charge in [0.15, 0.2) is 0 Å². The van der Waals surface area contributed by atoms with E-state index in [1.54, 1.807) is 24.3 Å². The van der Waals surface area contributed by atoms with E-state index < -0.39 is 49.9 Å². The Labute approximate surface area is 302 Å². The van der Waals surface area contributed by atoms with Crippen LogP contribution in [0.5, 0.6) is 5.75 Å². The van der Waals surface area contributed by atoms with Gasteiger partial charge in [-0.2, -0.15) is 0 Å². The van der Waals surface area contributed by atoms with Crippen molar-refractivity contribution in [2.24, 2.45) is 0 Å². The Hall–Kier alpha value is -4.65. The summed E-state index contributed by atoms with van der Waals surface area (Å²) in [6.07, 6.45) is 0.752.